The molecule has 4 nitrogen and oxygen atoms in total. The lowest BCUT2D eigenvalue weighted by atomic mass is 9.95. The number of benzene rings is 1. The Bertz CT molecular complexity index is 436. The molecule has 1 aliphatic heterocycles. The molecule has 0 amide bonds. The first-order valence-corrected chi connectivity index (χ1v) is 8.40. The van der Waals surface area contributed by atoms with Gasteiger partial charge in [-0.05, 0) is 43.0 Å². The van der Waals surface area contributed by atoms with Gasteiger partial charge in [0.25, 0.3) is 5.69 Å². The number of nitro benzene ring substituents is 1. The van der Waals surface area contributed by atoms with Gasteiger partial charge in [-0.25, -0.2) is 0 Å². The molecular weight excluding hydrogens is 272 g/mol. The second-order valence-electron chi connectivity index (χ2n) is 5.32. The Hall–Kier alpha value is -1.07. The lowest BCUT2D eigenvalue weighted by Crippen LogP contribution is -2.36. The molecule has 1 aliphatic rings. The van der Waals surface area contributed by atoms with Crippen molar-refractivity contribution in [3.05, 3.63) is 39.9 Å². The molecule has 5 heteroatoms. The fourth-order valence-electron chi connectivity index (χ4n) is 2.57. The molecule has 1 heterocycles. The summed E-state index contributed by atoms with van der Waals surface area (Å²) in [6.45, 7) is 3.29. The van der Waals surface area contributed by atoms with Crippen LogP contribution in [0.5, 0.6) is 0 Å². The second kappa shape index (κ2) is 7.64. The van der Waals surface area contributed by atoms with Crippen molar-refractivity contribution in [1.82, 2.24) is 5.32 Å². The van der Waals surface area contributed by atoms with Crippen molar-refractivity contribution in [2.45, 2.75) is 32.2 Å². The van der Waals surface area contributed by atoms with E-state index in [1.807, 2.05) is 23.9 Å². The third-order valence-corrected chi connectivity index (χ3v) is 5.06. The Morgan fingerprint density at radius 1 is 1.35 bits per heavy atom. The summed E-state index contributed by atoms with van der Waals surface area (Å²) in [5.41, 5.74) is 1.37. The molecule has 20 heavy (non-hydrogen) atoms. The number of rotatable bonds is 7. The van der Waals surface area contributed by atoms with E-state index in [9.17, 15) is 10.1 Å². The third kappa shape index (κ3) is 4.21. The maximum Gasteiger partial charge on any atom is 0.269 e. The standard InChI is InChI=1S/C15H22N2O2S/c1-2-9-16-15-11-20-10-13(15)6-3-12-4-7-14(8-5-12)17(18)19/h4-5,7-8,13,15-16H,2-3,6,9-11H2,1H3. The highest BCUT2D eigenvalue weighted by atomic mass is 32.2. The molecule has 1 saturated heterocycles. The average Bonchev–Trinajstić information content (AvgIpc) is 2.90. The number of nitro groups is 1. The monoisotopic (exact) mass is 294 g/mol. The van der Waals surface area contributed by atoms with Gasteiger partial charge >= 0.3 is 0 Å². The van der Waals surface area contributed by atoms with Crippen LogP contribution in [0, 0.1) is 16.0 Å². The number of aryl methyl sites for hydroxylation is 1. The predicted octanol–water partition coefficient (Wildman–Crippen LogP) is 3.26. The van der Waals surface area contributed by atoms with Crippen molar-refractivity contribution in [2.75, 3.05) is 18.1 Å². The minimum atomic E-state index is -0.345. The quantitative estimate of drug-likeness (QED) is 0.619. The zero-order valence-electron chi connectivity index (χ0n) is 11.9. The molecule has 110 valence electrons. The van der Waals surface area contributed by atoms with E-state index < -0.39 is 0 Å². The molecule has 0 bridgehead atoms. The van der Waals surface area contributed by atoms with E-state index >= 15 is 0 Å². The van der Waals surface area contributed by atoms with Crippen molar-refractivity contribution in [3.63, 3.8) is 0 Å². The van der Waals surface area contributed by atoms with Gasteiger partial charge in [0.15, 0.2) is 0 Å². The first-order chi connectivity index (χ1) is 9.70. The molecule has 1 aromatic rings. The number of non-ortho nitro benzene ring substituents is 1. The smallest absolute Gasteiger partial charge is 0.269 e. The highest BCUT2D eigenvalue weighted by Crippen LogP contribution is 2.28. The SMILES string of the molecule is CCCNC1CSCC1CCc1ccc([N+](=O)[O-])cc1. The van der Waals surface area contributed by atoms with E-state index in [1.54, 1.807) is 12.1 Å². The van der Waals surface area contributed by atoms with Gasteiger partial charge in [0.1, 0.15) is 0 Å². The topological polar surface area (TPSA) is 55.2 Å². The van der Waals surface area contributed by atoms with E-state index in [0.29, 0.717) is 6.04 Å². The fourth-order valence-corrected chi connectivity index (χ4v) is 4.06. The fraction of sp³-hybridized carbons (Fsp3) is 0.600. The van der Waals surface area contributed by atoms with Gasteiger partial charge in [-0.15, -0.1) is 0 Å². The molecule has 0 saturated carbocycles. The van der Waals surface area contributed by atoms with Crippen LogP contribution >= 0.6 is 11.8 Å². The van der Waals surface area contributed by atoms with Gasteiger partial charge < -0.3 is 5.32 Å². The van der Waals surface area contributed by atoms with Crippen molar-refractivity contribution >= 4 is 17.4 Å². The summed E-state index contributed by atoms with van der Waals surface area (Å²) in [5, 5.41) is 14.2. The van der Waals surface area contributed by atoms with E-state index in [-0.39, 0.29) is 10.6 Å². The Balaban J connectivity index is 1.83. The maximum absolute atomic E-state index is 10.6. The van der Waals surface area contributed by atoms with Crippen LogP contribution in [0.4, 0.5) is 5.69 Å². The largest absolute Gasteiger partial charge is 0.313 e. The summed E-state index contributed by atoms with van der Waals surface area (Å²) >= 11 is 2.03. The summed E-state index contributed by atoms with van der Waals surface area (Å²) in [6, 6.07) is 7.61. The van der Waals surface area contributed by atoms with Gasteiger partial charge in [-0.3, -0.25) is 10.1 Å². The molecule has 1 aromatic carbocycles. The summed E-state index contributed by atoms with van der Waals surface area (Å²) < 4.78 is 0. The zero-order chi connectivity index (χ0) is 14.4. The highest BCUT2D eigenvalue weighted by Gasteiger charge is 2.26. The van der Waals surface area contributed by atoms with E-state index in [0.717, 1.165) is 25.3 Å². The molecule has 2 rings (SSSR count). The van der Waals surface area contributed by atoms with Crippen LogP contribution in [0.1, 0.15) is 25.3 Å². The Kier molecular flexibility index (Phi) is 5.86. The summed E-state index contributed by atoms with van der Waals surface area (Å²) in [4.78, 5) is 10.3. The summed E-state index contributed by atoms with van der Waals surface area (Å²) in [6.07, 6.45) is 3.34. The number of thioether (sulfide) groups is 1. The third-order valence-electron chi connectivity index (χ3n) is 3.81. The molecule has 0 spiro atoms. The second-order valence-corrected chi connectivity index (χ2v) is 6.40. The lowest BCUT2D eigenvalue weighted by molar-refractivity contribution is -0.384. The molecule has 2 unspecified atom stereocenters. The molecule has 1 fully saturated rings. The van der Waals surface area contributed by atoms with Crippen molar-refractivity contribution in [2.24, 2.45) is 5.92 Å². The van der Waals surface area contributed by atoms with Crippen LogP contribution < -0.4 is 5.32 Å². The number of hydrogen-bond acceptors (Lipinski definition) is 4. The molecule has 2 atom stereocenters. The van der Waals surface area contributed by atoms with E-state index in [2.05, 4.69) is 12.2 Å². The zero-order valence-corrected chi connectivity index (χ0v) is 12.7. The Morgan fingerprint density at radius 2 is 2.10 bits per heavy atom. The van der Waals surface area contributed by atoms with E-state index in [4.69, 9.17) is 0 Å². The average molecular weight is 294 g/mol. The van der Waals surface area contributed by atoms with Crippen LogP contribution in [-0.2, 0) is 6.42 Å². The number of hydrogen-bond donors (Lipinski definition) is 1. The predicted molar refractivity (Wildman–Crippen MR) is 84.3 cm³/mol. The normalized spacial score (nSPS) is 22.1. The first-order valence-electron chi connectivity index (χ1n) is 7.25. The van der Waals surface area contributed by atoms with Gasteiger partial charge in [-0.2, -0.15) is 11.8 Å². The van der Waals surface area contributed by atoms with Crippen LogP contribution in [0.3, 0.4) is 0 Å². The molecule has 1 N–H and O–H groups in total. The van der Waals surface area contributed by atoms with Gasteiger partial charge in [-0.1, -0.05) is 19.1 Å². The molecule has 0 radical (unpaired) electrons. The Labute approximate surface area is 124 Å². The van der Waals surface area contributed by atoms with Crippen LogP contribution in [0.15, 0.2) is 24.3 Å². The van der Waals surface area contributed by atoms with Crippen molar-refractivity contribution < 1.29 is 4.92 Å². The Morgan fingerprint density at radius 3 is 2.75 bits per heavy atom. The lowest BCUT2D eigenvalue weighted by Gasteiger charge is -2.19. The van der Waals surface area contributed by atoms with Gasteiger partial charge in [0, 0.05) is 23.9 Å². The minimum Gasteiger partial charge on any atom is -0.313 e. The summed E-state index contributed by atoms with van der Waals surface area (Å²) in [5.74, 6) is 3.17. The van der Waals surface area contributed by atoms with E-state index in [1.165, 1.54) is 23.5 Å². The van der Waals surface area contributed by atoms with Gasteiger partial charge in [0.2, 0.25) is 0 Å². The van der Waals surface area contributed by atoms with Gasteiger partial charge in [0.05, 0.1) is 4.92 Å². The molecule has 0 aliphatic carbocycles. The molecule has 0 aromatic heterocycles. The minimum absolute atomic E-state index is 0.174. The van der Waals surface area contributed by atoms with Crippen molar-refractivity contribution in [3.8, 4) is 0 Å². The maximum atomic E-state index is 10.6. The summed E-state index contributed by atoms with van der Waals surface area (Å²) in [7, 11) is 0. The van der Waals surface area contributed by atoms with Crippen molar-refractivity contribution in [1.29, 1.82) is 0 Å². The molecular formula is C15H22N2O2S. The van der Waals surface area contributed by atoms with Crippen LogP contribution in [-0.4, -0.2) is 29.0 Å². The first kappa shape index (κ1) is 15.3. The highest BCUT2D eigenvalue weighted by molar-refractivity contribution is 7.99. The number of nitrogens with zero attached hydrogens (tertiary/aromatic N) is 1. The van der Waals surface area contributed by atoms with Crippen LogP contribution in [0.25, 0.3) is 0 Å². The van der Waals surface area contributed by atoms with Crippen LogP contribution in [0.2, 0.25) is 0 Å². The number of nitrogens with one attached hydrogen (secondary N) is 1.